The molecule has 7 nitrogen and oxygen atoms in total. The molecule has 0 spiro atoms. The van der Waals surface area contributed by atoms with E-state index in [4.69, 9.17) is 4.52 Å². The zero-order valence-corrected chi connectivity index (χ0v) is 17.2. The molecule has 0 unspecified atom stereocenters. The van der Waals surface area contributed by atoms with Gasteiger partial charge in [-0.15, -0.1) is 0 Å². The first-order valence-electron chi connectivity index (χ1n) is 9.26. The minimum atomic E-state index is -4.84. The molecular formula is C20H19F5N4O3. The van der Waals surface area contributed by atoms with E-state index in [-0.39, 0.29) is 29.2 Å². The lowest BCUT2D eigenvalue weighted by Crippen LogP contribution is -2.16. The van der Waals surface area contributed by atoms with Gasteiger partial charge in [0.1, 0.15) is 5.60 Å². The molecule has 0 aliphatic heterocycles. The number of carbonyl (C=O) groups is 1. The highest BCUT2D eigenvalue weighted by Crippen LogP contribution is 2.36. The highest BCUT2D eigenvalue weighted by atomic mass is 19.4. The van der Waals surface area contributed by atoms with Crippen molar-refractivity contribution in [1.82, 2.24) is 14.9 Å². The SMILES string of the molecule is CC(C)(O)c1cc(C(=O)Nc2cnn(Cc3ccc(C(C)(F)F)cc3C(F)(F)F)c2)no1. The molecular weight excluding hydrogens is 439 g/mol. The van der Waals surface area contributed by atoms with Gasteiger partial charge in [0.25, 0.3) is 11.8 Å². The van der Waals surface area contributed by atoms with Crippen molar-refractivity contribution in [2.24, 2.45) is 0 Å². The van der Waals surface area contributed by atoms with Crippen LogP contribution in [0.4, 0.5) is 27.6 Å². The molecule has 2 aromatic heterocycles. The Kier molecular flexibility index (Phi) is 5.85. The quantitative estimate of drug-likeness (QED) is 0.530. The first-order valence-corrected chi connectivity index (χ1v) is 9.26. The highest BCUT2D eigenvalue weighted by molar-refractivity contribution is 6.02. The molecule has 1 amide bonds. The molecule has 0 bridgehead atoms. The standard InChI is InChI=1S/C20H19F5N4O3/c1-18(2,31)16-7-15(28-32-16)17(30)27-13-8-26-29(10-13)9-11-4-5-12(19(3,21)22)6-14(11)20(23,24)25/h4-8,10,31H,9H2,1-3H3,(H,27,30). The molecule has 2 N–H and O–H groups in total. The summed E-state index contributed by atoms with van der Waals surface area (Å²) in [6.45, 7) is 3.04. The number of alkyl halides is 5. The van der Waals surface area contributed by atoms with E-state index in [9.17, 15) is 31.9 Å². The molecule has 12 heteroatoms. The predicted octanol–water partition coefficient (Wildman–Crippen LogP) is 4.53. The number of halogens is 5. The lowest BCUT2D eigenvalue weighted by Gasteiger charge is -2.17. The topological polar surface area (TPSA) is 93.2 Å². The summed E-state index contributed by atoms with van der Waals surface area (Å²) in [5.74, 6) is -4.04. The second-order valence-electron chi connectivity index (χ2n) is 7.77. The van der Waals surface area contributed by atoms with Crippen LogP contribution in [0.3, 0.4) is 0 Å². The van der Waals surface area contributed by atoms with Crippen LogP contribution in [0.2, 0.25) is 0 Å². The van der Waals surface area contributed by atoms with Crippen molar-refractivity contribution >= 4 is 11.6 Å². The fourth-order valence-corrected chi connectivity index (χ4v) is 2.81. The zero-order valence-electron chi connectivity index (χ0n) is 17.2. The molecule has 2 heterocycles. The average molecular weight is 458 g/mol. The van der Waals surface area contributed by atoms with Crippen molar-refractivity contribution in [3.63, 3.8) is 0 Å². The molecule has 0 atom stereocenters. The lowest BCUT2D eigenvalue weighted by atomic mass is 10.0. The van der Waals surface area contributed by atoms with Crippen molar-refractivity contribution in [3.05, 3.63) is 64.8 Å². The first kappa shape index (κ1) is 23.4. The van der Waals surface area contributed by atoms with Gasteiger partial charge in [-0.05, 0) is 25.5 Å². The molecule has 0 aliphatic carbocycles. The molecule has 0 radical (unpaired) electrons. The Morgan fingerprint density at radius 2 is 1.84 bits per heavy atom. The predicted molar refractivity (Wildman–Crippen MR) is 102 cm³/mol. The van der Waals surface area contributed by atoms with Crippen LogP contribution in [0, 0.1) is 0 Å². The molecule has 0 aliphatic rings. The number of amides is 1. The Balaban J connectivity index is 1.78. The monoisotopic (exact) mass is 458 g/mol. The van der Waals surface area contributed by atoms with Gasteiger partial charge in [0, 0.05) is 24.8 Å². The number of hydrogen-bond donors (Lipinski definition) is 2. The summed E-state index contributed by atoms with van der Waals surface area (Å²) in [5.41, 5.74) is -3.51. The fraction of sp³-hybridized carbons (Fsp3) is 0.350. The second-order valence-corrected chi connectivity index (χ2v) is 7.77. The minimum absolute atomic E-state index is 0.0686. The van der Waals surface area contributed by atoms with E-state index in [2.05, 4.69) is 15.6 Å². The van der Waals surface area contributed by atoms with Crippen LogP contribution in [0.25, 0.3) is 0 Å². The summed E-state index contributed by atoms with van der Waals surface area (Å²) in [5, 5.41) is 19.8. The van der Waals surface area contributed by atoms with Gasteiger partial charge >= 0.3 is 6.18 Å². The maximum absolute atomic E-state index is 13.5. The summed E-state index contributed by atoms with van der Waals surface area (Å²) in [7, 11) is 0. The third-order valence-electron chi connectivity index (χ3n) is 4.49. The normalized spacial score (nSPS) is 12.8. The second kappa shape index (κ2) is 8.01. The summed E-state index contributed by atoms with van der Waals surface area (Å²) < 4.78 is 73.2. The van der Waals surface area contributed by atoms with Gasteiger partial charge in [-0.25, -0.2) is 8.78 Å². The first-order chi connectivity index (χ1) is 14.6. The summed E-state index contributed by atoms with van der Waals surface area (Å²) >= 11 is 0. The van der Waals surface area contributed by atoms with E-state index in [0.29, 0.717) is 13.0 Å². The Morgan fingerprint density at radius 1 is 1.16 bits per heavy atom. The fourth-order valence-electron chi connectivity index (χ4n) is 2.81. The third-order valence-corrected chi connectivity index (χ3v) is 4.49. The van der Waals surface area contributed by atoms with Crippen molar-refractivity contribution < 1.29 is 36.4 Å². The number of aliphatic hydroxyl groups is 1. The van der Waals surface area contributed by atoms with Crippen LogP contribution in [0.1, 0.15) is 53.7 Å². The highest BCUT2D eigenvalue weighted by Gasteiger charge is 2.36. The van der Waals surface area contributed by atoms with Crippen molar-refractivity contribution in [3.8, 4) is 0 Å². The minimum Gasteiger partial charge on any atom is -0.382 e. The van der Waals surface area contributed by atoms with Crippen LogP contribution < -0.4 is 5.32 Å². The molecule has 172 valence electrons. The van der Waals surface area contributed by atoms with E-state index >= 15 is 0 Å². The van der Waals surface area contributed by atoms with E-state index in [0.717, 1.165) is 16.8 Å². The van der Waals surface area contributed by atoms with Gasteiger partial charge in [-0.3, -0.25) is 9.48 Å². The molecule has 32 heavy (non-hydrogen) atoms. The Hall–Kier alpha value is -3.28. The molecule has 3 aromatic rings. The van der Waals surface area contributed by atoms with Gasteiger partial charge in [0.05, 0.1) is 24.0 Å². The smallest absolute Gasteiger partial charge is 0.382 e. The van der Waals surface area contributed by atoms with Crippen LogP contribution in [0.15, 0.2) is 41.2 Å². The van der Waals surface area contributed by atoms with Gasteiger partial charge in [-0.2, -0.15) is 18.3 Å². The van der Waals surface area contributed by atoms with Crippen LogP contribution in [-0.4, -0.2) is 26.0 Å². The summed E-state index contributed by atoms with van der Waals surface area (Å²) in [4.78, 5) is 12.3. The number of benzene rings is 1. The molecule has 3 rings (SSSR count). The number of anilines is 1. The van der Waals surface area contributed by atoms with Gasteiger partial charge < -0.3 is 14.9 Å². The number of carbonyl (C=O) groups excluding carboxylic acids is 1. The van der Waals surface area contributed by atoms with E-state index in [1.807, 2.05) is 0 Å². The van der Waals surface area contributed by atoms with Gasteiger partial charge in [-0.1, -0.05) is 17.3 Å². The van der Waals surface area contributed by atoms with E-state index < -0.39 is 34.7 Å². The molecule has 0 saturated heterocycles. The van der Waals surface area contributed by atoms with Gasteiger partial charge in [0.15, 0.2) is 11.5 Å². The number of aromatic nitrogens is 3. The van der Waals surface area contributed by atoms with Crippen LogP contribution in [-0.2, 0) is 24.2 Å². The number of nitrogens with zero attached hydrogens (tertiary/aromatic N) is 3. The molecule has 0 saturated carbocycles. The maximum Gasteiger partial charge on any atom is 0.416 e. The number of nitrogens with one attached hydrogen (secondary N) is 1. The molecule has 0 fully saturated rings. The van der Waals surface area contributed by atoms with Gasteiger partial charge in [0.2, 0.25) is 0 Å². The number of hydrogen-bond acceptors (Lipinski definition) is 5. The Morgan fingerprint density at radius 3 is 2.41 bits per heavy atom. The van der Waals surface area contributed by atoms with Crippen molar-refractivity contribution in [2.45, 2.75) is 45.0 Å². The van der Waals surface area contributed by atoms with Crippen LogP contribution in [0.5, 0.6) is 0 Å². The van der Waals surface area contributed by atoms with Crippen LogP contribution >= 0.6 is 0 Å². The number of rotatable bonds is 6. The maximum atomic E-state index is 13.5. The molecule has 1 aromatic carbocycles. The third kappa shape index (κ3) is 5.31. The lowest BCUT2D eigenvalue weighted by molar-refractivity contribution is -0.138. The van der Waals surface area contributed by atoms with E-state index in [1.165, 1.54) is 32.3 Å². The van der Waals surface area contributed by atoms with E-state index in [1.54, 1.807) is 0 Å². The van der Waals surface area contributed by atoms with Crippen molar-refractivity contribution in [1.29, 1.82) is 0 Å². The Bertz CT molecular complexity index is 1120. The largest absolute Gasteiger partial charge is 0.416 e. The van der Waals surface area contributed by atoms with Crippen molar-refractivity contribution in [2.75, 3.05) is 5.32 Å². The Labute approximate surface area is 178 Å². The average Bonchev–Trinajstić information content (AvgIpc) is 3.29. The summed E-state index contributed by atoms with van der Waals surface area (Å²) in [6, 6.07) is 3.58. The summed E-state index contributed by atoms with van der Waals surface area (Å²) in [6.07, 6.45) is -2.36. The zero-order chi connectivity index (χ0) is 23.9.